The van der Waals surface area contributed by atoms with Gasteiger partial charge in [-0.2, -0.15) is 0 Å². The van der Waals surface area contributed by atoms with Crippen molar-refractivity contribution in [3.63, 3.8) is 0 Å². The Kier molecular flexibility index (Phi) is 6.03. The molecule has 6 nitrogen and oxygen atoms in total. The van der Waals surface area contributed by atoms with Crippen LogP contribution >= 0.6 is 0 Å². The molecule has 0 aromatic heterocycles. The number of Topliss-reactive ketones (excluding diaryl/α,β-unsaturated/α-hetero) is 1. The molecule has 29 heavy (non-hydrogen) atoms. The van der Waals surface area contributed by atoms with E-state index in [4.69, 9.17) is 9.47 Å². The Labute approximate surface area is 170 Å². The Bertz CT molecular complexity index is 979. The van der Waals surface area contributed by atoms with Gasteiger partial charge in [-0.25, -0.2) is 0 Å². The number of aliphatic hydroxyl groups excluding tert-OH is 1. The summed E-state index contributed by atoms with van der Waals surface area (Å²) < 4.78 is 10.4. The van der Waals surface area contributed by atoms with Crippen LogP contribution in [-0.4, -0.2) is 49.1 Å². The summed E-state index contributed by atoms with van der Waals surface area (Å²) in [6.07, 6.45) is 0. The van der Waals surface area contributed by atoms with Gasteiger partial charge in [0.25, 0.3) is 11.7 Å². The zero-order chi connectivity index (χ0) is 21.1. The first-order valence-corrected chi connectivity index (χ1v) is 9.38. The smallest absolute Gasteiger partial charge is 0.295 e. The van der Waals surface area contributed by atoms with E-state index < -0.39 is 17.7 Å². The second kappa shape index (κ2) is 8.49. The van der Waals surface area contributed by atoms with Crippen molar-refractivity contribution < 1.29 is 24.2 Å². The molecule has 2 aromatic rings. The Hall–Kier alpha value is -3.12. The number of hydrogen-bond donors (Lipinski definition) is 1. The number of carbonyl (C=O) groups excluding carboxylic acids is 2. The molecule has 0 bridgehead atoms. The normalized spacial score (nSPS) is 18.3. The van der Waals surface area contributed by atoms with Gasteiger partial charge in [0, 0.05) is 19.2 Å². The predicted molar refractivity (Wildman–Crippen MR) is 110 cm³/mol. The number of aryl methyl sites for hydroxylation is 2. The molecule has 1 fully saturated rings. The van der Waals surface area contributed by atoms with Crippen LogP contribution in [0.25, 0.3) is 5.76 Å². The van der Waals surface area contributed by atoms with Gasteiger partial charge in [-0.1, -0.05) is 29.8 Å². The van der Waals surface area contributed by atoms with Crippen LogP contribution in [0.3, 0.4) is 0 Å². The fraction of sp³-hybridized carbons (Fsp3) is 0.304. The number of methoxy groups -OCH3 is 2. The topological polar surface area (TPSA) is 76.1 Å². The molecular formula is C23H25NO5. The molecule has 0 aliphatic carbocycles. The van der Waals surface area contributed by atoms with Crippen molar-refractivity contribution in [1.29, 1.82) is 0 Å². The third kappa shape index (κ3) is 3.89. The Morgan fingerprint density at radius 3 is 2.55 bits per heavy atom. The Morgan fingerprint density at radius 2 is 1.86 bits per heavy atom. The number of nitrogens with zero attached hydrogens (tertiary/aromatic N) is 1. The van der Waals surface area contributed by atoms with Crippen molar-refractivity contribution >= 4 is 17.4 Å². The van der Waals surface area contributed by atoms with E-state index in [9.17, 15) is 14.7 Å². The molecule has 1 aliphatic heterocycles. The molecule has 3 rings (SSSR count). The van der Waals surface area contributed by atoms with Crippen molar-refractivity contribution in [1.82, 2.24) is 4.90 Å². The lowest BCUT2D eigenvalue weighted by Crippen LogP contribution is -2.32. The number of aliphatic hydroxyl groups is 1. The van der Waals surface area contributed by atoms with Crippen molar-refractivity contribution in [3.8, 4) is 5.75 Å². The van der Waals surface area contributed by atoms with Crippen molar-refractivity contribution in [2.45, 2.75) is 19.9 Å². The molecule has 6 heteroatoms. The molecule has 1 amide bonds. The summed E-state index contributed by atoms with van der Waals surface area (Å²) in [5.41, 5.74) is 3.08. The summed E-state index contributed by atoms with van der Waals surface area (Å²) in [6, 6.07) is 12.1. The lowest BCUT2D eigenvalue weighted by Gasteiger charge is -2.25. The number of carbonyl (C=O) groups is 2. The van der Waals surface area contributed by atoms with Gasteiger partial charge in [0.05, 0.1) is 25.3 Å². The van der Waals surface area contributed by atoms with Crippen LogP contribution in [0.15, 0.2) is 48.0 Å². The maximum atomic E-state index is 12.9. The predicted octanol–water partition coefficient (Wildman–Crippen LogP) is 3.38. The highest BCUT2D eigenvalue weighted by Gasteiger charge is 2.46. The summed E-state index contributed by atoms with van der Waals surface area (Å²) >= 11 is 0. The Morgan fingerprint density at radius 1 is 1.10 bits per heavy atom. The minimum Gasteiger partial charge on any atom is -0.507 e. The molecule has 2 aromatic carbocycles. The highest BCUT2D eigenvalue weighted by Crippen LogP contribution is 2.40. The fourth-order valence-corrected chi connectivity index (χ4v) is 3.59. The molecule has 1 saturated heterocycles. The minimum absolute atomic E-state index is 0.0769. The van der Waals surface area contributed by atoms with Gasteiger partial charge in [-0.15, -0.1) is 0 Å². The summed E-state index contributed by atoms with van der Waals surface area (Å²) in [5.74, 6) is -0.919. The summed E-state index contributed by atoms with van der Waals surface area (Å²) in [7, 11) is 3.09. The van der Waals surface area contributed by atoms with Crippen LogP contribution in [-0.2, 0) is 14.3 Å². The fourth-order valence-electron chi connectivity index (χ4n) is 3.59. The van der Waals surface area contributed by atoms with Gasteiger partial charge in [-0.3, -0.25) is 9.59 Å². The monoisotopic (exact) mass is 395 g/mol. The molecule has 1 unspecified atom stereocenters. The van der Waals surface area contributed by atoms with E-state index in [1.54, 1.807) is 25.3 Å². The van der Waals surface area contributed by atoms with Crippen LogP contribution in [0.1, 0.15) is 28.3 Å². The largest absolute Gasteiger partial charge is 0.507 e. The first-order chi connectivity index (χ1) is 13.9. The summed E-state index contributed by atoms with van der Waals surface area (Å²) in [6.45, 7) is 4.27. The summed E-state index contributed by atoms with van der Waals surface area (Å²) in [4.78, 5) is 27.2. The molecule has 1 aliphatic rings. The first kappa shape index (κ1) is 20.6. The lowest BCUT2D eigenvalue weighted by molar-refractivity contribution is -0.140. The van der Waals surface area contributed by atoms with E-state index in [1.165, 1.54) is 12.0 Å². The van der Waals surface area contributed by atoms with Crippen LogP contribution in [0, 0.1) is 13.8 Å². The number of benzene rings is 2. The standard InChI is InChI=1S/C23H25NO5/c1-14-8-9-15(2)18(12-14)21(25)19-20(16-6-5-7-17(13-16)29-4)24(10-11-28-3)23(27)22(19)26/h5-9,12-13,20,25H,10-11H2,1-4H3. The molecule has 152 valence electrons. The summed E-state index contributed by atoms with van der Waals surface area (Å²) in [5, 5.41) is 11.1. The van der Waals surface area contributed by atoms with E-state index in [0.29, 0.717) is 16.9 Å². The van der Waals surface area contributed by atoms with Gasteiger partial charge in [0.15, 0.2) is 0 Å². The van der Waals surface area contributed by atoms with E-state index in [1.807, 2.05) is 38.1 Å². The van der Waals surface area contributed by atoms with Gasteiger partial charge in [0.1, 0.15) is 11.5 Å². The third-order valence-corrected chi connectivity index (χ3v) is 5.13. The quantitative estimate of drug-likeness (QED) is 0.461. The van der Waals surface area contributed by atoms with Gasteiger partial charge >= 0.3 is 0 Å². The number of ether oxygens (including phenoxy) is 2. The molecule has 0 saturated carbocycles. The SMILES string of the molecule is COCCN1C(=O)C(=O)C(=C(O)c2cc(C)ccc2C)C1c1cccc(OC)c1. The number of rotatable bonds is 6. The third-order valence-electron chi connectivity index (χ3n) is 5.13. The molecule has 1 N–H and O–H groups in total. The molecular weight excluding hydrogens is 370 g/mol. The van der Waals surface area contributed by atoms with E-state index in [-0.39, 0.29) is 24.5 Å². The second-order valence-electron chi connectivity index (χ2n) is 7.08. The van der Waals surface area contributed by atoms with E-state index >= 15 is 0 Å². The first-order valence-electron chi connectivity index (χ1n) is 9.38. The maximum Gasteiger partial charge on any atom is 0.295 e. The highest BCUT2D eigenvalue weighted by atomic mass is 16.5. The van der Waals surface area contributed by atoms with Gasteiger partial charge in [0.2, 0.25) is 0 Å². The number of ketones is 1. The van der Waals surface area contributed by atoms with Crippen LogP contribution in [0.2, 0.25) is 0 Å². The van der Waals surface area contributed by atoms with Crippen molar-refractivity contribution in [3.05, 3.63) is 70.3 Å². The lowest BCUT2D eigenvalue weighted by atomic mass is 9.93. The van der Waals surface area contributed by atoms with Crippen LogP contribution in [0.4, 0.5) is 0 Å². The Balaban J connectivity index is 2.22. The van der Waals surface area contributed by atoms with Gasteiger partial charge in [-0.05, 0) is 43.2 Å². The zero-order valence-corrected chi connectivity index (χ0v) is 17.1. The average Bonchev–Trinajstić information content (AvgIpc) is 2.98. The molecule has 1 atom stereocenters. The van der Waals surface area contributed by atoms with Crippen LogP contribution in [0.5, 0.6) is 5.75 Å². The maximum absolute atomic E-state index is 12.9. The van der Waals surface area contributed by atoms with Crippen LogP contribution < -0.4 is 4.74 Å². The second-order valence-corrected chi connectivity index (χ2v) is 7.08. The van der Waals surface area contributed by atoms with Crippen molar-refractivity contribution in [2.75, 3.05) is 27.4 Å². The molecule has 0 spiro atoms. The van der Waals surface area contributed by atoms with Gasteiger partial charge < -0.3 is 19.5 Å². The minimum atomic E-state index is -0.722. The number of hydrogen-bond acceptors (Lipinski definition) is 5. The van der Waals surface area contributed by atoms with E-state index in [0.717, 1.165) is 11.1 Å². The average molecular weight is 395 g/mol. The molecule has 1 heterocycles. The number of amides is 1. The van der Waals surface area contributed by atoms with E-state index in [2.05, 4.69) is 0 Å². The zero-order valence-electron chi connectivity index (χ0n) is 17.1. The van der Waals surface area contributed by atoms with Crippen molar-refractivity contribution in [2.24, 2.45) is 0 Å². The number of likely N-dealkylation sites (tertiary alicyclic amines) is 1. The molecule has 0 radical (unpaired) electrons. The highest BCUT2D eigenvalue weighted by molar-refractivity contribution is 6.46.